The second-order valence-electron chi connectivity index (χ2n) is 5.48. The highest BCUT2D eigenvalue weighted by Gasteiger charge is 2.40. The topological polar surface area (TPSA) is 71.2 Å². The molecule has 102 valence electrons. The number of nitrogens with two attached hydrogens (primary N) is 1. The average molecular weight is 260 g/mol. The maximum atomic E-state index is 11.8. The lowest BCUT2D eigenvalue weighted by atomic mass is 9.91. The number of aromatic nitrogens is 1. The minimum absolute atomic E-state index is 0.0436. The number of nitrogens with one attached hydrogen (secondary N) is 1. The molecule has 3 unspecified atom stereocenters. The predicted molar refractivity (Wildman–Crippen MR) is 73.7 cm³/mol. The molecule has 0 bridgehead atoms. The molecule has 1 aromatic heterocycles. The van der Waals surface area contributed by atoms with Crippen molar-refractivity contribution in [3.63, 3.8) is 0 Å². The number of carbonyl (C=O) groups excluding carboxylic acids is 1. The fourth-order valence-electron chi connectivity index (χ4n) is 3.11. The van der Waals surface area contributed by atoms with Gasteiger partial charge in [-0.1, -0.05) is 0 Å². The van der Waals surface area contributed by atoms with E-state index in [4.69, 9.17) is 5.73 Å². The van der Waals surface area contributed by atoms with Crippen LogP contribution in [0.3, 0.4) is 0 Å². The van der Waals surface area contributed by atoms with Gasteiger partial charge in [-0.15, -0.1) is 0 Å². The lowest BCUT2D eigenvalue weighted by molar-refractivity contribution is -0.122. The number of amides is 1. The molecule has 2 aliphatic heterocycles. The molecule has 2 fully saturated rings. The van der Waals surface area contributed by atoms with Crippen molar-refractivity contribution >= 4 is 11.6 Å². The molecule has 2 saturated heterocycles. The molecule has 0 spiro atoms. The molecule has 0 saturated carbocycles. The van der Waals surface area contributed by atoms with E-state index in [2.05, 4.69) is 21.3 Å². The Hall–Kier alpha value is -1.62. The van der Waals surface area contributed by atoms with Crippen LogP contribution in [-0.4, -0.2) is 30.0 Å². The highest BCUT2D eigenvalue weighted by Crippen LogP contribution is 2.31. The summed E-state index contributed by atoms with van der Waals surface area (Å²) < 4.78 is 0. The maximum Gasteiger partial charge on any atom is 0.225 e. The number of nitrogens with zero attached hydrogens (tertiary/aromatic N) is 2. The number of anilines is 1. The minimum atomic E-state index is -0.0436. The third kappa shape index (κ3) is 2.18. The summed E-state index contributed by atoms with van der Waals surface area (Å²) in [5.74, 6) is 0.344. The van der Waals surface area contributed by atoms with Crippen molar-refractivity contribution in [3.05, 3.63) is 24.0 Å². The van der Waals surface area contributed by atoms with E-state index < -0.39 is 0 Å². The second-order valence-corrected chi connectivity index (χ2v) is 5.48. The molecule has 2 aliphatic rings. The third-order valence-corrected chi connectivity index (χ3v) is 4.17. The molecule has 19 heavy (non-hydrogen) atoms. The van der Waals surface area contributed by atoms with Gasteiger partial charge < -0.3 is 16.0 Å². The van der Waals surface area contributed by atoms with Gasteiger partial charge in [0.1, 0.15) is 0 Å². The van der Waals surface area contributed by atoms with Crippen molar-refractivity contribution in [2.45, 2.75) is 31.8 Å². The predicted octanol–water partition coefficient (Wildman–Crippen LogP) is 0.816. The number of hydrogen-bond donors (Lipinski definition) is 2. The Balaban J connectivity index is 1.83. The molecule has 0 aliphatic carbocycles. The van der Waals surface area contributed by atoms with Crippen molar-refractivity contribution in [2.24, 2.45) is 11.7 Å². The summed E-state index contributed by atoms with van der Waals surface area (Å²) in [6.07, 6.45) is 3.94. The normalized spacial score (nSPS) is 27.9. The van der Waals surface area contributed by atoms with Crippen LogP contribution in [0.25, 0.3) is 0 Å². The molecule has 3 atom stereocenters. The van der Waals surface area contributed by atoms with E-state index in [0.29, 0.717) is 0 Å². The first-order chi connectivity index (χ1) is 9.16. The van der Waals surface area contributed by atoms with Crippen LogP contribution >= 0.6 is 0 Å². The van der Waals surface area contributed by atoms with E-state index in [1.54, 1.807) is 0 Å². The summed E-state index contributed by atoms with van der Waals surface area (Å²) in [5, 5.41) is 2.97. The summed E-state index contributed by atoms with van der Waals surface area (Å²) in [4.78, 5) is 18.5. The Morgan fingerprint density at radius 3 is 3.05 bits per heavy atom. The Bertz CT molecular complexity index is 471. The third-order valence-electron chi connectivity index (χ3n) is 4.17. The van der Waals surface area contributed by atoms with E-state index >= 15 is 0 Å². The smallest absolute Gasteiger partial charge is 0.225 e. The van der Waals surface area contributed by atoms with Gasteiger partial charge in [-0.3, -0.25) is 9.78 Å². The molecule has 0 radical (unpaired) electrons. The number of hydrogen-bond acceptors (Lipinski definition) is 4. The first-order valence-corrected chi connectivity index (χ1v) is 6.92. The van der Waals surface area contributed by atoms with Crippen LogP contribution < -0.4 is 16.0 Å². The Morgan fingerprint density at radius 1 is 1.53 bits per heavy atom. The standard InChI is InChI=1S/C14H20N4O/c1-9(15)12-5-4-10(7-16-12)18-6-2-3-11-13(18)8-17-14(11)19/h4-5,7,9,11,13H,2-3,6,8,15H2,1H3,(H,17,19). The van der Waals surface area contributed by atoms with E-state index in [1.807, 2.05) is 19.2 Å². The summed E-state index contributed by atoms with van der Waals surface area (Å²) in [6, 6.07) is 4.28. The SMILES string of the molecule is CC(N)c1ccc(N2CCCC3C(=O)NCC32)cn1. The van der Waals surface area contributed by atoms with Crippen LogP contribution in [-0.2, 0) is 4.79 Å². The van der Waals surface area contributed by atoms with Gasteiger partial charge in [-0.05, 0) is 31.9 Å². The molecule has 3 N–H and O–H groups in total. The zero-order chi connectivity index (χ0) is 13.4. The molecule has 3 rings (SSSR count). The van der Waals surface area contributed by atoms with Gasteiger partial charge in [0.05, 0.1) is 29.5 Å². The van der Waals surface area contributed by atoms with Gasteiger partial charge in [0.15, 0.2) is 0 Å². The fourth-order valence-corrected chi connectivity index (χ4v) is 3.11. The van der Waals surface area contributed by atoms with Gasteiger partial charge in [-0.25, -0.2) is 0 Å². The average Bonchev–Trinajstić information content (AvgIpc) is 2.81. The monoisotopic (exact) mass is 260 g/mol. The number of fused-ring (bicyclic) bond motifs is 1. The molecule has 5 nitrogen and oxygen atoms in total. The van der Waals surface area contributed by atoms with E-state index in [1.165, 1.54) is 0 Å². The number of rotatable bonds is 2. The van der Waals surface area contributed by atoms with Gasteiger partial charge in [0, 0.05) is 19.1 Å². The Morgan fingerprint density at radius 2 is 2.37 bits per heavy atom. The zero-order valence-electron chi connectivity index (χ0n) is 11.2. The zero-order valence-corrected chi connectivity index (χ0v) is 11.2. The van der Waals surface area contributed by atoms with Crippen molar-refractivity contribution in [1.29, 1.82) is 0 Å². The summed E-state index contributed by atoms with van der Waals surface area (Å²) in [7, 11) is 0. The molecular formula is C14H20N4O. The van der Waals surface area contributed by atoms with E-state index in [-0.39, 0.29) is 23.9 Å². The second kappa shape index (κ2) is 4.81. The van der Waals surface area contributed by atoms with Crippen LogP contribution in [0, 0.1) is 5.92 Å². The molecule has 1 aromatic rings. The lowest BCUT2D eigenvalue weighted by Gasteiger charge is -2.37. The summed E-state index contributed by atoms with van der Waals surface area (Å²) in [6.45, 7) is 3.67. The van der Waals surface area contributed by atoms with E-state index in [9.17, 15) is 4.79 Å². The van der Waals surface area contributed by atoms with Crippen molar-refractivity contribution in [2.75, 3.05) is 18.0 Å². The molecule has 3 heterocycles. The molecule has 0 aromatic carbocycles. The first kappa shape index (κ1) is 12.4. The van der Waals surface area contributed by atoms with Gasteiger partial charge in [0.25, 0.3) is 0 Å². The van der Waals surface area contributed by atoms with Crippen molar-refractivity contribution in [1.82, 2.24) is 10.3 Å². The van der Waals surface area contributed by atoms with Crippen LogP contribution in [0.2, 0.25) is 0 Å². The van der Waals surface area contributed by atoms with Gasteiger partial charge in [0.2, 0.25) is 5.91 Å². The maximum absolute atomic E-state index is 11.8. The number of carbonyl (C=O) groups is 1. The fraction of sp³-hybridized carbons (Fsp3) is 0.571. The Kier molecular flexibility index (Phi) is 3.14. The quantitative estimate of drug-likeness (QED) is 0.825. The van der Waals surface area contributed by atoms with Crippen molar-refractivity contribution < 1.29 is 4.79 Å². The highest BCUT2D eigenvalue weighted by atomic mass is 16.2. The summed E-state index contributed by atoms with van der Waals surface area (Å²) in [5.41, 5.74) is 7.81. The van der Waals surface area contributed by atoms with Crippen LogP contribution in [0.4, 0.5) is 5.69 Å². The van der Waals surface area contributed by atoms with Crippen LogP contribution in [0.5, 0.6) is 0 Å². The minimum Gasteiger partial charge on any atom is -0.365 e. The Labute approximate surface area is 113 Å². The van der Waals surface area contributed by atoms with Gasteiger partial charge >= 0.3 is 0 Å². The highest BCUT2D eigenvalue weighted by molar-refractivity contribution is 5.83. The molecule has 5 heteroatoms. The lowest BCUT2D eigenvalue weighted by Crippen LogP contribution is -2.45. The van der Waals surface area contributed by atoms with Gasteiger partial charge in [-0.2, -0.15) is 0 Å². The number of piperidine rings is 1. The summed E-state index contributed by atoms with van der Waals surface area (Å²) >= 11 is 0. The molecular weight excluding hydrogens is 240 g/mol. The largest absolute Gasteiger partial charge is 0.365 e. The first-order valence-electron chi connectivity index (χ1n) is 6.92. The van der Waals surface area contributed by atoms with E-state index in [0.717, 1.165) is 37.3 Å². The van der Waals surface area contributed by atoms with Crippen molar-refractivity contribution in [3.8, 4) is 0 Å². The van der Waals surface area contributed by atoms with Crippen LogP contribution in [0.15, 0.2) is 18.3 Å². The molecule has 1 amide bonds. The van der Waals surface area contributed by atoms with Crippen LogP contribution in [0.1, 0.15) is 31.5 Å². The number of pyridine rings is 1.